The summed E-state index contributed by atoms with van der Waals surface area (Å²) >= 11 is 5.54. The van der Waals surface area contributed by atoms with Crippen LogP contribution in [0.1, 0.15) is 5.56 Å². The van der Waals surface area contributed by atoms with E-state index in [1.54, 1.807) is 0 Å². The van der Waals surface area contributed by atoms with Crippen LogP contribution < -0.4 is 4.90 Å². The maximum Gasteiger partial charge on any atom is 0.416 e. The number of aliphatic hydroxyl groups excluding tert-OH is 2. The summed E-state index contributed by atoms with van der Waals surface area (Å²) in [5, 5.41) is 17.3. The Bertz CT molecular complexity index is 395. The number of hydrogen-bond acceptors (Lipinski definition) is 4. The van der Waals surface area contributed by atoms with Crippen molar-refractivity contribution in [3.63, 3.8) is 0 Å². The lowest BCUT2D eigenvalue weighted by Gasteiger charge is -2.22. The molecule has 1 aromatic heterocycles. The van der Waals surface area contributed by atoms with Crippen molar-refractivity contribution in [2.75, 3.05) is 31.2 Å². The predicted octanol–water partition coefficient (Wildman–Crippen LogP) is 1.54. The molecule has 0 aliphatic carbocycles. The Labute approximate surface area is 107 Å². The van der Waals surface area contributed by atoms with E-state index >= 15 is 0 Å². The molecule has 4 nitrogen and oxygen atoms in total. The third-order valence-electron chi connectivity index (χ3n) is 2.17. The molecule has 2 N–H and O–H groups in total. The van der Waals surface area contributed by atoms with Crippen LogP contribution in [0.4, 0.5) is 19.0 Å². The zero-order valence-corrected chi connectivity index (χ0v) is 10.0. The maximum atomic E-state index is 12.6. The summed E-state index contributed by atoms with van der Waals surface area (Å²) in [6.45, 7) is -0.415. The first-order valence-electron chi connectivity index (χ1n) is 5.10. The lowest BCUT2D eigenvalue weighted by molar-refractivity contribution is -0.137. The van der Waals surface area contributed by atoms with E-state index in [1.165, 1.54) is 4.90 Å². The predicted molar refractivity (Wildman–Crippen MR) is 60.6 cm³/mol. The number of aromatic nitrogens is 1. The minimum atomic E-state index is -4.52. The van der Waals surface area contributed by atoms with Crippen molar-refractivity contribution < 1.29 is 23.4 Å². The van der Waals surface area contributed by atoms with Crippen LogP contribution in [0, 0.1) is 0 Å². The normalized spacial score (nSPS) is 11.7. The molecule has 1 rings (SSSR count). The molecule has 18 heavy (non-hydrogen) atoms. The van der Waals surface area contributed by atoms with E-state index in [0.29, 0.717) is 0 Å². The standard InChI is InChI=1S/C10H12ClF3N2O2/c11-8-5-7(10(12,13)14)6-9(15-8)16(1-3-17)2-4-18/h5-6,17-18H,1-4H2. The summed E-state index contributed by atoms with van der Waals surface area (Å²) in [4.78, 5) is 5.07. The van der Waals surface area contributed by atoms with Crippen molar-refractivity contribution in [1.29, 1.82) is 0 Å². The average molecular weight is 285 g/mol. The number of pyridine rings is 1. The molecule has 0 radical (unpaired) electrons. The van der Waals surface area contributed by atoms with Gasteiger partial charge in [-0.05, 0) is 12.1 Å². The number of halogens is 4. The van der Waals surface area contributed by atoms with E-state index < -0.39 is 11.7 Å². The summed E-state index contributed by atoms with van der Waals surface area (Å²) in [5.74, 6) is -0.0297. The van der Waals surface area contributed by atoms with Gasteiger partial charge in [-0.3, -0.25) is 0 Å². The average Bonchev–Trinajstić information content (AvgIpc) is 2.27. The molecule has 0 amide bonds. The van der Waals surface area contributed by atoms with Crippen molar-refractivity contribution in [2.24, 2.45) is 0 Å². The largest absolute Gasteiger partial charge is 0.416 e. The second kappa shape index (κ2) is 6.21. The third kappa shape index (κ3) is 4.01. The van der Waals surface area contributed by atoms with Gasteiger partial charge in [0.05, 0.1) is 18.8 Å². The van der Waals surface area contributed by atoms with E-state index in [0.717, 1.165) is 12.1 Å². The molecule has 0 aromatic carbocycles. The molecule has 102 valence electrons. The molecule has 1 heterocycles. The number of rotatable bonds is 5. The van der Waals surface area contributed by atoms with Gasteiger partial charge in [-0.25, -0.2) is 4.98 Å². The van der Waals surface area contributed by atoms with E-state index in [1.807, 2.05) is 0 Å². The first-order valence-corrected chi connectivity index (χ1v) is 5.47. The van der Waals surface area contributed by atoms with Crippen molar-refractivity contribution in [1.82, 2.24) is 4.98 Å². The highest BCUT2D eigenvalue weighted by atomic mass is 35.5. The highest BCUT2D eigenvalue weighted by Crippen LogP contribution is 2.32. The smallest absolute Gasteiger partial charge is 0.395 e. The van der Waals surface area contributed by atoms with Gasteiger partial charge in [0.15, 0.2) is 0 Å². The molecule has 0 atom stereocenters. The SMILES string of the molecule is OCCN(CCO)c1cc(C(F)(F)F)cc(Cl)n1. The highest BCUT2D eigenvalue weighted by Gasteiger charge is 2.32. The van der Waals surface area contributed by atoms with E-state index in [9.17, 15) is 13.2 Å². The van der Waals surface area contributed by atoms with Gasteiger partial charge in [-0.15, -0.1) is 0 Å². The number of aliphatic hydroxyl groups is 2. The molecule has 0 unspecified atom stereocenters. The number of nitrogens with zero attached hydrogens (tertiary/aromatic N) is 2. The van der Waals surface area contributed by atoms with Crippen LogP contribution in [0.2, 0.25) is 5.15 Å². The Balaban J connectivity index is 3.10. The maximum absolute atomic E-state index is 12.6. The summed E-state index contributed by atoms with van der Waals surface area (Å²) in [5.41, 5.74) is -0.918. The minimum Gasteiger partial charge on any atom is -0.395 e. The minimum absolute atomic E-state index is 0.0297. The summed E-state index contributed by atoms with van der Waals surface area (Å²) in [6, 6.07) is 1.55. The van der Waals surface area contributed by atoms with Gasteiger partial charge in [0.25, 0.3) is 0 Å². The highest BCUT2D eigenvalue weighted by molar-refractivity contribution is 6.29. The fraction of sp³-hybridized carbons (Fsp3) is 0.500. The van der Waals surface area contributed by atoms with E-state index in [4.69, 9.17) is 21.8 Å². The monoisotopic (exact) mass is 284 g/mol. The number of alkyl halides is 3. The third-order valence-corrected chi connectivity index (χ3v) is 2.37. The van der Waals surface area contributed by atoms with Crippen LogP contribution in [-0.4, -0.2) is 41.5 Å². The van der Waals surface area contributed by atoms with Gasteiger partial charge in [-0.2, -0.15) is 13.2 Å². The molecule has 0 aliphatic rings. The molecule has 8 heteroatoms. The second-order valence-electron chi connectivity index (χ2n) is 3.47. The van der Waals surface area contributed by atoms with E-state index in [-0.39, 0.29) is 37.3 Å². The fourth-order valence-electron chi connectivity index (χ4n) is 1.39. The molecule has 0 saturated heterocycles. The molecule has 0 spiro atoms. The zero-order valence-electron chi connectivity index (χ0n) is 9.28. The topological polar surface area (TPSA) is 56.6 Å². The zero-order chi connectivity index (χ0) is 13.8. The van der Waals surface area contributed by atoms with Crippen LogP contribution >= 0.6 is 11.6 Å². The van der Waals surface area contributed by atoms with Gasteiger partial charge >= 0.3 is 6.18 Å². The number of anilines is 1. The summed E-state index contributed by atoms with van der Waals surface area (Å²) < 4.78 is 37.7. The van der Waals surface area contributed by atoms with Crippen molar-refractivity contribution in [3.8, 4) is 0 Å². The molecule has 0 saturated carbocycles. The van der Waals surface area contributed by atoms with Crippen LogP contribution in [-0.2, 0) is 6.18 Å². The molecular weight excluding hydrogens is 273 g/mol. The van der Waals surface area contributed by atoms with Crippen molar-refractivity contribution in [2.45, 2.75) is 6.18 Å². The molecule has 0 bridgehead atoms. The van der Waals surface area contributed by atoms with Crippen molar-refractivity contribution in [3.05, 3.63) is 22.8 Å². The Kier molecular flexibility index (Phi) is 5.18. The van der Waals surface area contributed by atoms with Gasteiger partial charge in [0.2, 0.25) is 0 Å². The first kappa shape index (κ1) is 15.0. The molecule has 0 fully saturated rings. The van der Waals surface area contributed by atoms with Gasteiger partial charge < -0.3 is 15.1 Å². The first-order chi connectivity index (χ1) is 8.38. The van der Waals surface area contributed by atoms with Crippen molar-refractivity contribution >= 4 is 17.4 Å². The van der Waals surface area contributed by atoms with Crippen LogP contribution in [0.5, 0.6) is 0 Å². The number of hydrogen-bond donors (Lipinski definition) is 2. The Morgan fingerprint density at radius 1 is 1.17 bits per heavy atom. The lowest BCUT2D eigenvalue weighted by atomic mass is 10.2. The van der Waals surface area contributed by atoms with Crippen LogP contribution in [0.15, 0.2) is 12.1 Å². The van der Waals surface area contributed by atoms with Crippen LogP contribution in [0.25, 0.3) is 0 Å². The quantitative estimate of drug-likeness (QED) is 0.806. The Morgan fingerprint density at radius 2 is 1.72 bits per heavy atom. The van der Waals surface area contributed by atoms with Gasteiger partial charge in [0, 0.05) is 13.1 Å². The lowest BCUT2D eigenvalue weighted by Crippen LogP contribution is -2.30. The molecular formula is C10H12ClF3N2O2. The summed E-state index contributed by atoms with van der Waals surface area (Å²) in [7, 11) is 0. The van der Waals surface area contributed by atoms with Gasteiger partial charge in [-0.1, -0.05) is 11.6 Å². The summed E-state index contributed by atoms with van der Waals surface area (Å²) in [6.07, 6.45) is -4.52. The fourth-order valence-corrected chi connectivity index (χ4v) is 1.60. The second-order valence-corrected chi connectivity index (χ2v) is 3.86. The molecule has 1 aromatic rings. The van der Waals surface area contributed by atoms with Crippen LogP contribution in [0.3, 0.4) is 0 Å². The Morgan fingerprint density at radius 3 is 2.17 bits per heavy atom. The van der Waals surface area contributed by atoms with E-state index in [2.05, 4.69) is 4.98 Å². The molecule has 0 aliphatic heterocycles. The van der Waals surface area contributed by atoms with Gasteiger partial charge in [0.1, 0.15) is 11.0 Å². The Hall–Kier alpha value is -1.05.